The van der Waals surface area contributed by atoms with Crippen LogP contribution in [0.3, 0.4) is 0 Å². The zero-order valence-corrected chi connectivity index (χ0v) is 7.09. The van der Waals surface area contributed by atoms with Gasteiger partial charge in [0.15, 0.2) is 12.3 Å². The Morgan fingerprint density at radius 1 is 1.60 bits per heavy atom. The van der Waals surface area contributed by atoms with Crippen LogP contribution in [0.15, 0.2) is 18.3 Å². The van der Waals surface area contributed by atoms with Gasteiger partial charge in [-0.15, -0.1) is 3.59 Å². The van der Waals surface area contributed by atoms with E-state index in [9.17, 15) is 0 Å². The van der Waals surface area contributed by atoms with Crippen LogP contribution in [0.25, 0.3) is 0 Å². The summed E-state index contributed by atoms with van der Waals surface area (Å²) in [5, 5.41) is 8.51. The lowest BCUT2D eigenvalue weighted by Crippen LogP contribution is -2.23. The molecule has 2 nitrogen and oxygen atoms in total. The van der Waals surface area contributed by atoms with Crippen molar-refractivity contribution in [1.29, 1.82) is 5.26 Å². The molecule has 0 spiro atoms. The maximum atomic E-state index is 8.51. The third-order valence-electron chi connectivity index (χ3n) is 1.17. The minimum absolute atomic E-state index is 0.602. The smallest absolute Gasteiger partial charge is 0.186 e. The Balaban J connectivity index is 3.23. The molecule has 1 aromatic heterocycles. The van der Waals surface area contributed by atoms with Crippen molar-refractivity contribution in [2.24, 2.45) is 0 Å². The molecule has 0 aliphatic carbocycles. The molecule has 1 heterocycles. The van der Waals surface area contributed by atoms with Crippen LogP contribution >= 0.6 is 16.1 Å². The van der Waals surface area contributed by atoms with Gasteiger partial charge in [-0.25, -0.2) is 0 Å². The molecule has 0 saturated heterocycles. The molecule has 0 aliphatic rings. The van der Waals surface area contributed by atoms with Gasteiger partial charge in [-0.3, -0.25) is 0 Å². The van der Waals surface area contributed by atoms with Crippen molar-refractivity contribution in [3.63, 3.8) is 0 Å². The number of aryl methyl sites for hydroxylation is 1. The fourth-order valence-corrected chi connectivity index (χ4v) is 1.18. The van der Waals surface area contributed by atoms with E-state index in [0.29, 0.717) is 5.69 Å². The molecule has 0 aromatic carbocycles. The van der Waals surface area contributed by atoms with Crippen LogP contribution in [0.4, 0.5) is 0 Å². The topological polar surface area (TPSA) is 27.7 Å². The van der Waals surface area contributed by atoms with Crippen molar-refractivity contribution in [2.75, 3.05) is 0 Å². The van der Waals surface area contributed by atoms with Gasteiger partial charge in [-0.05, 0) is 13.0 Å². The SMILES string of the molecule is Cc1ccc(C#N)[n+](Br)c1. The van der Waals surface area contributed by atoms with E-state index in [1.807, 2.05) is 25.3 Å². The molecule has 3 heteroatoms. The molecule has 0 unspecified atom stereocenters. The lowest BCUT2D eigenvalue weighted by Gasteiger charge is -1.86. The first kappa shape index (κ1) is 7.23. The van der Waals surface area contributed by atoms with Crippen LogP contribution in [0.1, 0.15) is 11.3 Å². The highest BCUT2D eigenvalue weighted by atomic mass is 79.9. The minimum atomic E-state index is 0.602. The van der Waals surface area contributed by atoms with E-state index in [4.69, 9.17) is 5.26 Å². The van der Waals surface area contributed by atoms with E-state index in [-0.39, 0.29) is 0 Å². The average molecular weight is 198 g/mol. The van der Waals surface area contributed by atoms with Gasteiger partial charge in [0.1, 0.15) is 0 Å². The van der Waals surface area contributed by atoms with E-state index in [2.05, 4.69) is 16.1 Å². The number of nitrogens with zero attached hydrogens (tertiary/aromatic N) is 2. The Kier molecular flexibility index (Phi) is 2.03. The molecule has 0 radical (unpaired) electrons. The second-order valence-corrected chi connectivity index (χ2v) is 2.78. The number of hydrogen-bond acceptors (Lipinski definition) is 1. The zero-order valence-electron chi connectivity index (χ0n) is 5.50. The number of aromatic nitrogens is 1. The molecule has 10 heavy (non-hydrogen) atoms. The van der Waals surface area contributed by atoms with E-state index in [0.717, 1.165) is 5.56 Å². The van der Waals surface area contributed by atoms with Gasteiger partial charge in [-0.2, -0.15) is 5.26 Å². The van der Waals surface area contributed by atoms with Gasteiger partial charge in [0.25, 0.3) is 5.69 Å². The highest BCUT2D eigenvalue weighted by molar-refractivity contribution is 9.04. The Labute approximate surface area is 68.1 Å². The Hall–Kier alpha value is -0.880. The Morgan fingerprint density at radius 3 is 2.80 bits per heavy atom. The van der Waals surface area contributed by atoms with E-state index < -0.39 is 0 Å². The van der Waals surface area contributed by atoms with Gasteiger partial charge in [0, 0.05) is 11.6 Å². The standard InChI is InChI=1S/C7H6BrN2/c1-6-2-3-7(4-9)10(8)5-6/h2-3,5H,1H3/q+1. The molecule has 0 bridgehead atoms. The molecule has 0 fully saturated rings. The van der Waals surface area contributed by atoms with Crippen LogP contribution in [0, 0.1) is 18.3 Å². The fourth-order valence-electron chi connectivity index (χ4n) is 0.658. The van der Waals surface area contributed by atoms with Gasteiger partial charge in [0.05, 0.1) is 0 Å². The van der Waals surface area contributed by atoms with Crippen molar-refractivity contribution < 1.29 is 3.59 Å². The maximum Gasteiger partial charge on any atom is 0.332 e. The zero-order chi connectivity index (χ0) is 7.56. The molecule has 1 aromatic rings. The second-order valence-electron chi connectivity index (χ2n) is 2.01. The van der Waals surface area contributed by atoms with Crippen LogP contribution < -0.4 is 3.59 Å². The third-order valence-corrected chi connectivity index (χ3v) is 1.75. The first-order valence-corrected chi connectivity index (χ1v) is 3.53. The Bertz CT molecular complexity index is 288. The molecule has 1 rings (SSSR count). The van der Waals surface area contributed by atoms with Gasteiger partial charge in [0.2, 0.25) is 0 Å². The molecule has 0 aliphatic heterocycles. The average Bonchev–Trinajstić information content (AvgIpc) is 1.88. The molecule has 50 valence electrons. The number of nitriles is 1. The Morgan fingerprint density at radius 2 is 2.30 bits per heavy atom. The van der Waals surface area contributed by atoms with Gasteiger partial charge >= 0.3 is 16.1 Å². The summed E-state index contributed by atoms with van der Waals surface area (Å²) in [5.41, 5.74) is 1.72. The molecule has 0 N–H and O–H groups in total. The van der Waals surface area contributed by atoms with E-state index in [1.165, 1.54) is 0 Å². The highest BCUT2D eigenvalue weighted by Gasteiger charge is 2.05. The van der Waals surface area contributed by atoms with E-state index >= 15 is 0 Å². The normalized spacial score (nSPS) is 8.90. The monoisotopic (exact) mass is 197 g/mol. The second kappa shape index (κ2) is 2.80. The maximum absolute atomic E-state index is 8.51. The number of pyridine rings is 1. The molecular formula is C7H6BrN2+. The third kappa shape index (κ3) is 1.34. The molecule has 0 saturated carbocycles. The van der Waals surface area contributed by atoms with Crippen LogP contribution in [-0.4, -0.2) is 0 Å². The fraction of sp³-hybridized carbons (Fsp3) is 0.143. The first-order valence-electron chi connectivity index (χ1n) is 2.82. The number of halogens is 1. The molecule has 0 amide bonds. The van der Waals surface area contributed by atoms with Gasteiger partial charge in [-0.1, -0.05) is 0 Å². The number of hydrogen-bond donors (Lipinski definition) is 0. The summed E-state index contributed by atoms with van der Waals surface area (Å²) in [7, 11) is 0. The van der Waals surface area contributed by atoms with E-state index in [1.54, 1.807) is 9.66 Å². The van der Waals surface area contributed by atoms with Crippen molar-refractivity contribution in [3.05, 3.63) is 29.6 Å². The summed E-state index contributed by atoms with van der Waals surface area (Å²) >= 11 is 3.20. The van der Waals surface area contributed by atoms with Crippen molar-refractivity contribution >= 4 is 16.1 Å². The van der Waals surface area contributed by atoms with Crippen molar-refractivity contribution in [2.45, 2.75) is 6.92 Å². The summed E-state index contributed by atoms with van der Waals surface area (Å²) in [5.74, 6) is 0. The van der Waals surface area contributed by atoms with Crippen molar-refractivity contribution in [1.82, 2.24) is 0 Å². The van der Waals surface area contributed by atoms with Crippen LogP contribution in [0.2, 0.25) is 0 Å². The summed E-state index contributed by atoms with van der Waals surface area (Å²) in [4.78, 5) is 0. The molecule has 0 atom stereocenters. The minimum Gasteiger partial charge on any atom is -0.186 e. The summed E-state index contributed by atoms with van der Waals surface area (Å²) in [6, 6.07) is 5.71. The summed E-state index contributed by atoms with van der Waals surface area (Å²) < 4.78 is 1.63. The number of rotatable bonds is 0. The highest BCUT2D eigenvalue weighted by Crippen LogP contribution is 1.96. The van der Waals surface area contributed by atoms with Crippen molar-refractivity contribution in [3.8, 4) is 6.07 Å². The predicted octanol–water partition coefficient (Wildman–Crippen LogP) is 1.31. The van der Waals surface area contributed by atoms with Gasteiger partial charge < -0.3 is 0 Å². The summed E-state index contributed by atoms with van der Waals surface area (Å²) in [6.45, 7) is 1.97. The van der Waals surface area contributed by atoms with Crippen LogP contribution in [0.5, 0.6) is 0 Å². The lowest BCUT2D eigenvalue weighted by molar-refractivity contribution is -0.477. The van der Waals surface area contributed by atoms with Crippen LogP contribution in [-0.2, 0) is 0 Å². The quantitative estimate of drug-likeness (QED) is 0.617. The lowest BCUT2D eigenvalue weighted by atomic mass is 10.3. The summed E-state index contributed by atoms with van der Waals surface area (Å²) in [6.07, 6.45) is 1.85. The molecular weight excluding hydrogens is 192 g/mol. The predicted molar refractivity (Wildman–Crippen MR) is 40.4 cm³/mol. The first-order chi connectivity index (χ1) is 4.74. The largest absolute Gasteiger partial charge is 0.332 e.